The summed E-state index contributed by atoms with van der Waals surface area (Å²) in [5.74, 6) is -2.74. The van der Waals surface area contributed by atoms with E-state index < -0.39 is 63.8 Å². The van der Waals surface area contributed by atoms with Crippen molar-refractivity contribution < 1.29 is 52.6 Å². The van der Waals surface area contributed by atoms with E-state index in [0.29, 0.717) is 6.42 Å². The summed E-state index contributed by atoms with van der Waals surface area (Å²) in [6.45, 7) is 2.27. The second kappa shape index (κ2) is 41.2. The van der Waals surface area contributed by atoms with E-state index in [2.05, 4.69) is 116 Å². The molecule has 0 amide bonds. The van der Waals surface area contributed by atoms with Crippen LogP contribution in [-0.4, -0.2) is 71.1 Å². The van der Waals surface area contributed by atoms with Crippen LogP contribution in [0, 0.1) is 0 Å². The third-order valence-electron chi connectivity index (χ3n) is 8.32. The number of aliphatic hydroxyl groups excluding tert-OH is 1. The number of phosphoric ester groups is 1. The number of ether oxygens (including phenoxy) is 2. The van der Waals surface area contributed by atoms with Crippen molar-refractivity contribution in [1.29, 1.82) is 0 Å². The number of phosphoric acid groups is 1. The smallest absolute Gasteiger partial charge is 0.472 e. The highest BCUT2D eigenvalue weighted by molar-refractivity contribution is 7.47. The van der Waals surface area contributed by atoms with Crippen LogP contribution >= 0.6 is 7.82 Å². The van der Waals surface area contributed by atoms with Crippen molar-refractivity contribution in [3.8, 4) is 0 Å². The Bertz CT molecular complexity index is 1510. The van der Waals surface area contributed by atoms with Gasteiger partial charge >= 0.3 is 25.7 Å². The third kappa shape index (κ3) is 41.0. The summed E-state index contributed by atoms with van der Waals surface area (Å²) in [5, 5.41) is 19.2. The number of carboxylic acids is 1. The van der Waals surface area contributed by atoms with Gasteiger partial charge in [-0.15, -0.1) is 0 Å². The predicted molar refractivity (Wildman–Crippen MR) is 245 cm³/mol. The molecule has 5 N–H and O–H groups in total. The maximum atomic E-state index is 12.6. The first-order chi connectivity index (χ1) is 29.5. The van der Waals surface area contributed by atoms with Crippen molar-refractivity contribution in [2.45, 2.75) is 141 Å². The number of unbranched alkanes of at least 4 members (excludes halogenated alkanes) is 4. The number of aliphatic hydroxyl groups is 1. The Morgan fingerprint density at radius 1 is 0.590 bits per heavy atom. The minimum absolute atomic E-state index is 0.0750. The van der Waals surface area contributed by atoms with Crippen LogP contribution in [0.4, 0.5) is 0 Å². The number of hydrogen-bond acceptors (Lipinski definition) is 10. The van der Waals surface area contributed by atoms with Gasteiger partial charge in [0.2, 0.25) is 0 Å². The molecule has 0 fully saturated rings. The summed E-state index contributed by atoms with van der Waals surface area (Å²) in [7, 11) is -4.79. The molecule has 0 saturated heterocycles. The van der Waals surface area contributed by atoms with Gasteiger partial charge in [0.05, 0.1) is 19.3 Å². The summed E-state index contributed by atoms with van der Waals surface area (Å²) in [4.78, 5) is 46.0. The Morgan fingerprint density at radius 2 is 1.07 bits per heavy atom. The molecule has 0 bridgehead atoms. The standard InChI is InChI=1S/C48H74NO11P/c1-3-5-7-9-11-13-15-17-19-21-23-25-27-29-31-33-35-37-47(52)60-44(41-58-61(55,56)59-42-45(49)48(53)54)40-57-46(51)39-38-43(50)36-34-32-30-28-26-24-22-20-18-16-14-12-10-8-6-4-2/h5-8,11-14,17-20,23-26,30,32,34,36,43-45,50H,3-4,9-10,15-16,21-22,27-29,31,33,35,37-42,49H2,1-2H3,(H,53,54)(H,55,56)/b7-5-,8-6-,13-11-,14-12-,19-17-,20-18-,25-23-,26-24-,32-30-,36-34-/t43?,44-,45+/m1/s1. The Balaban J connectivity index is 4.67. The highest BCUT2D eigenvalue weighted by Gasteiger charge is 2.28. The number of carboxylic acid groups (broad SMARTS) is 1. The molecular weight excluding hydrogens is 797 g/mol. The predicted octanol–water partition coefficient (Wildman–Crippen LogP) is 10.6. The van der Waals surface area contributed by atoms with Crippen LogP contribution in [0.3, 0.4) is 0 Å². The number of carbonyl (C=O) groups excluding carboxylic acids is 2. The van der Waals surface area contributed by atoms with E-state index in [1.807, 2.05) is 12.2 Å². The molecule has 0 rings (SSSR count). The molecule has 342 valence electrons. The molecule has 0 aliphatic carbocycles. The fourth-order valence-electron chi connectivity index (χ4n) is 4.93. The van der Waals surface area contributed by atoms with Crippen LogP contribution in [0.2, 0.25) is 0 Å². The second-order valence-electron chi connectivity index (χ2n) is 13.9. The molecule has 0 aromatic heterocycles. The van der Waals surface area contributed by atoms with E-state index in [4.69, 9.17) is 24.8 Å². The van der Waals surface area contributed by atoms with Crippen LogP contribution < -0.4 is 5.73 Å². The Labute approximate surface area is 365 Å². The lowest BCUT2D eigenvalue weighted by molar-refractivity contribution is -0.161. The lowest BCUT2D eigenvalue weighted by atomic mass is 10.1. The minimum atomic E-state index is -4.79. The molecule has 61 heavy (non-hydrogen) atoms. The fourth-order valence-corrected chi connectivity index (χ4v) is 5.71. The highest BCUT2D eigenvalue weighted by Crippen LogP contribution is 2.43. The van der Waals surface area contributed by atoms with E-state index in [-0.39, 0.29) is 19.3 Å². The molecule has 13 heteroatoms. The lowest BCUT2D eigenvalue weighted by Gasteiger charge is -2.20. The SMILES string of the molecule is CC/C=C\C/C=C\C/C=C\C/C=C\C/C=C\C=C/C(O)CCC(=O)OC[C@H](COP(=O)(O)OC[C@H](N)C(=O)O)OC(=O)CCCCCC/C=C\C/C=C\C/C=C\C/C=C\CC. The first-order valence-corrected chi connectivity index (χ1v) is 23.2. The lowest BCUT2D eigenvalue weighted by Crippen LogP contribution is -2.34. The van der Waals surface area contributed by atoms with Gasteiger partial charge < -0.3 is 30.3 Å². The van der Waals surface area contributed by atoms with E-state index >= 15 is 0 Å². The molecule has 0 saturated carbocycles. The Hall–Kier alpha value is -4.16. The van der Waals surface area contributed by atoms with Gasteiger partial charge in [0.1, 0.15) is 12.6 Å². The van der Waals surface area contributed by atoms with Crippen molar-refractivity contribution in [2.24, 2.45) is 5.73 Å². The van der Waals surface area contributed by atoms with Crippen molar-refractivity contribution in [1.82, 2.24) is 0 Å². The summed E-state index contributed by atoms with van der Waals surface area (Å²) in [6, 6.07) is -1.56. The molecule has 0 aliphatic rings. The summed E-state index contributed by atoms with van der Waals surface area (Å²) in [6.07, 6.45) is 51.7. The zero-order valence-electron chi connectivity index (χ0n) is 36.6. The van der Waals surface area contributed by atoms with Crippen molar-refractivity contribution in [3.05, 3.63) is 122 Å². The van der Waals surface area contributed by atoms with Gasteiger partial charge in [-0.25, -0.2) is 4.57 Å². The Morgan fingerprint density at radius 3 is 1.59 bits per heavy atom. The van der Waals surface area contributed by atoms with Crippen molar-refractivity contribution >= 4 is 25.7 Å². The summed E-state index contributed by atoms with van der Waals surface area (Å²) in [5.41, 5.74) is 5.32. The molecular formula is C48H74NO11P. The van der Waals surface area contributed by atoms with Crippen LogP contribution in [-0.2, 0) is 37.5 Å². The van der Waals surface area contributed by atoms with Gasteiger partial charge in [-0.3, -0.25) is 23.4 Å². The normalized spacial score (nSPS) is 15.4. The van der Waals surface area contributed by atoms with Crippen LogP contribution in [0.1, 0.15) is 123 Å². The molecule has 0 spiro atoms. The summed E-state index contributed by atoms with van der Waals surface area (Å²) < 4.78 is 32.5. The van der Waals surface area contributed by atoms with Crippen molar-refractivity contribution in [2.75, 3.05) is 19.8 Å². The zero-order chi connectivity index (χ0) is 45.1. The van der Waals surface area contributed by atoms with E-state index in [0.717, 1.165) is 83.5 Å². The molecule has 2 unspecified atom stereocenters. The summed E-state index contributed by atoms with van der Waals surface area (Å²) >= 11 is 0. The van der Waals surface area contributed by atoms with Crippen LogP contribution in [0.15, 0.2) is 122 Å². The van der Waals surface area contributed by atoms with Gasteiger partial charge in [-0.1, -0.05) is 148 Å². The number of carbonyl (C=O) groups is 3. The highest BCUT2D eigenvalue weighted by atomic mass is 31.2. The minimum Gasteiger partial charge on any atom is -0.480 e. The van der Waals surface area contributed by atoms with E-state index in [9.17, 15) is 28.9 Å². The molecule has 0 heterocycles. The quantitative estimate of drug-likeness (QED) is 0.0151. The fraction of sp³-hybridized carbons (Fsp3) is 0.521. The average Bonchev–Trinajstić information content (AvgIpc) is 3.23. The molecule has 0 aromatic carbocycles. The molecule has 12 nitrogen and oxygen atoms in total. The molecule has 0 aromatic rings. The average molecular weight is 872 g/mol. The zero-order valence-corrected chi connectivity index (χ0v) is 37.4. The maximum Gasteiger partial charge on any atom is 0.472 e. The molecule has 4 atom stereocenters. The first kappa shape index (κ1) is 56.8. The van der Waals surface area contributed by atoms with Gasteiger partial charge in [0.15, 0.2) is 6.10 Å². The largest absolute Gasteiger partial charge is 0.480 e. The second-order valence-corrected chi connectivity index (χ2v) is 15.4. The van der Waals surface area contributed by atoms with Crippen molar-refractivity contribution in [3.63, 3.8) is 0 Å². The topological polar surface area (TPSA) is 192 Å². The number of nitrogens with two attached hydrogens (primary N) is 1. The van der Waals surface area contributed by atoms with Crippen LogP contribution in [0.25, 0.3) is 0 Å². The molecule has 0 aliphatic heterocycles. The first-order valence-electron chi connectivity index (χ1n) is 21.7. The van der Waals surface area contributed by atoms with E-state index in [1.165, 1.54) is 0 Å². The Kier molecular flexibility index (Phi) is 38.4. The van der Waals surface area contributed by atoms with E-state index in [1.54, 1.807) is 12.2 Å². The number of esters is 2. The molecule has 0 radical (unpaired) electrons. The van der Waals surface area contributed by atoms with Gasteiger partial charge in [0.25, 0.3) is 0 Å². The number of rotatable bonds is 38. The number of hydrogen-bond donors (Lipinski definition) is 4. The number of allylic oxidation sites excluding steroid dienone is 19. The third-order valence-corrected chi connectivity index (χ3v) is 9.27. The maximum absolute atomic E-state index is 12.6. The number of aliphatic carboxylic acids is 1. The monoisotopic (exact) mass is 871 g/mol. The van der Waals surface area contributed by atoms with Gasteiger partial charge in [0, 0.05) is 12.8 Å². The van der Waals surface area contributed by atoms with Crippen LogP contribution in [0.5, 0.6) is 0 Å². The van der Waals surface area contributed by atoms with Gasteiger partial charge in [-0.05, 0) is 83.5 Å². The van der Waals surface area contributed by atoms with Gasteiger partial charge in [-0.2, -0.15) is 0 Å².